The Labute approximate surface area is 160 Å². The van der Waals surface area contributed by atoms with Crippen LogP contribution in [-0.4, -0.2) is 17.0 Å². The molecular formula is C19H43N5O2. The van der Waals surface area contributed by atoms with Gasteiger partial charge in [0.15, 0.2) is 0 Å². The first-order chi connectivity index (χ1) is 12.6. The summed E-state index contributed by atoms with van der Waals surface area (Å²) in [7, 11) is 0. The summed E-state index contributed by atoms with van der Waals surface area (Å²) in [5, 5.41) is 11.5. The molecule has 7 heteroatoms. The van der Waals surface area contributed by atoms with Crippen molar-refractivity contribution in [3.63, 3.8) is 0 Å². The Morgan fingerprint density at radius 3 is 1.38 bits per heavy atom. The van der Waals surface area contributed by atoms with E-state index < -0.39 is 5.97 Å². The Balaban J connectivity index is 0. The number of hydrogen-bond donors (Lipinski definition) is 5. The Morgan fingerprint density at radius 1 is 0.808 bits per heavy atom. The van der Waals surface area contributed by atoms with Gasteiger partial charge in [-0.2, -0.15) is 0 Å². The van der Waals surface area contributed by atoms with Gasteiger partial charge in [-0.25, -0.2) is 5.84 Å². The summed E-state index contributed by atoms with van der Waals surface area (Å²) < 4.78 is 0. The number of unbranched alkanes of at least 4 members (excludes halogenated alkanes) is 14. The molecule has 0 aromatic carbocycles. The number of hydrazine groups is 1. The van der Waals surface area contributed by atoms with E-state index in [1.165, 1.54) is 83.5 Å². The quantitative estimate of drug-likeness (QED) is 0.0911. The molecule has 7 nitrogen and oxygen atoms in total. The maximum atomic E-state index is 10.3. The molecule has 156 valence electrons. The molecule has 0 rings (SSSR count). The van der Waals surface area contributed by atoms with Crippen LogP contribution in [0.25, 0.3) is 0 Å². The zero-order chi connectivity index (χ0) is 19.9. The van der Waals surface area contributed by atoms with Gasteiger partial charge in [0.2, 0.25) is 5.96 Å². The molecule has 0 saturated carbocycles. The van der Waals surface area contributed by atoms with Crippen molar-refractivity contribution in [2.24, 2.45) is 22.5 Å². The molecule has 8 N–H and O–H groups in total. The molecule has 0 heterocycles. The lowest BCUT2D eigenvalue weighted by atomic mass is 10.0. The zero-order valence-corrected chi connectivity index (χ0v) is 16.8. The van der Waals surface area contributed by atoms with Gasteiger partial charge in [0, 0.05) is 6.42 Å². The van der Waals surface area contributed by atoms with E-state index in [2.05, 4.69) is 17.9 Å². The first kappa shape index (κ1) is 26.7. The second-order valence-electron chi connectivity index (χ2n) is 6.75. The van der Waals surface area contributed by atoms with Crippen LogP contribution in [0.2, 0.25) is 0 Å². The second-order valence-corrected chi connectivity index (χ2v) is 6.75. The maximum Gasteiger partial charge on any atom is 0.303 e. The number of nitrogens with one attached hydrogen (secondary N) is 1. The minimum Gasteiger partial charge on any atom is -0.481 e. The standard InChI is InChI=1S/C18H36O2.CH7N5/c1-2-3-4-5-6-7-8-9-10-11-12-13-14-15-16-17-18(19)20;2-1(5-3)6-4/h2-17H2,1H3,(H,19,20);3-4H2,(H3,2,5,6). The summed E-state index contributed by atoms with van der Waals surface area (Å²) in [5.74, 6) is 8.67. The lowest BCUT2D eigenvalue weighted by Gasteiger charge is -2.03. The van der Waals surface area contributed by atoms with Crippen molar-refractivity contribution in [1.29, 1.82) is 0 Å². The van der Waals surface area contributed by atoms with Crippen LogP contribution in [0.1, 0.15) is 110 Å². The van der Waals surface area contributed by atoms with Gasteiger partial charge in [0.25, 0.3) is 0 Å². The Morgan fingerprint density at radius 2 is 1.15 bits per heavy atom. The molecular weight excluding hydrogens is 330 g/mol. The van der Waals surface area contributed by atoms with E-state index in [0.717, 1.165) is 12.8 Å². The van der Waals surface area contributed by atoms with Gasteiger partial charge in [-0.05, 0) is 6.42 Å². The molecule has 26 heavy (non-hydrogen) atoms. The number of aliphatic carboxylic acids is 1. The molecule has 0 atom stereocenters. The average molecular weight is 374 g/mol. The molecule has 0 aliphatic carbocycles. The van der Waals surface area contributed by atoms with Crippen molar-refractivity contribution in [3.05, 3.63) is 0 Å². The van der Waals surface area contributed by atoms with Gasteiger partial charge in [-0.3, -0.25) is 10.2 Å². The van der Waals surface area contributed by atoms with E-state index in [1.807, 2.05) is 5.43 Å². The van der Waals surface area contributed by atoms with Crippen LogP contribution in [0.4, 0.5) is 0 Å². The van der Waals surface area contributed by atoms with Crippen LogP contribution in [0.15, 0.2) is 5.10 Å². The number of hydrogen-bond acceptors (Lipinski definition) is 4. The Hall–Kier alpha value is -1.50. The molecule has 0 radical (unpaired) electrons. The average Bonchev–Trinajstić information content (AvgIpc) is 2.64. The van der Waals surface area contributed by atoms with Gasteiger partial charge in [-0.15, -0.1) is 5.10 Å². The molecule has 0 bridgehead atoms. The summed E-state index contributed by atoms with van der Waals surface area (Å²) in [6.07, 6.45) is 20.2. The molecule has 0 aliphatic rings. The van der Waals surface area contributed by atoms with Gasteiger partial charge in [0.1, 0.15) is 0 Å². The first-order valence-corrected chi connectivity index (χ1v) is 10.3. The van der Waals surface area contributed by atoms with Gasteiger partial charge < -0.3 is 16.7 Å². The fourth-order valence-electron chi connectivity index (χ4n) is 2.68. The van der Waals surface area contributed by atoms with E-state index >= 15 is 0 Å². The minimum atomic E-state index is -0.653. The summed E-state index contributed by atoms with van der Waals surface area (Å²) >= 11 is 0. The summed E-state index contributed by atoms with van der Waals surface area (Å²) in [6, 6.07) is 0. The molecule has 0 aliphatic heterocycles. The normalized spacial score (nSPS) is 10.9. The molecule has 0 amide bonds. The molecule has 0 aromatic heterocycles. The van der Waals surface area contributed by atoms with Crippen LogP contribution in [0.5, 0.6) is 0 Å². The van der Waals surface area contributed by atoms with E-state index in [-0.39, 0.29) is 5.96 Å². The fraction of sp³-hybridized carbons (Fsp3) is 0.895. The molecule has 0 spiro atoms. The lowest BCUT2D eigenvalue weighted by molar-refractivity contribution is -0.137. The monoisotopic (exact) mass is 373 g/mol. The fourth-order valence-corrected chi connectivity index (χ4v) is 2.68. The van der Waals surface area contributed by atoms with Crippen LogP contribution in [-0.2, 0) is 4.79 Å². The van der Waals surface area contributed by atoms with Crippen LogP contribution in [0.3, 0.4) is 0 Å². The highest BCUT2D eigenvalue weighted by atomic mass is 16.4. The first-order valence-electron chi connectivity index (χ1n) is 10.3. The number of nitrogens with zero attached hydrogens (tertiary/aromatic N) is 1. The number of carbonyl (C=O) groups is 1. The minimum absolute atomic E-state index is 0.0231. The van der Waals surface area contributed by atoms with Gasteiger partial charge in [0.05, 0.1) is 0 Å². The summed E-state index contributed by atoms with van der Waals surface area (Å²) in [4.78, 5) is 10.3. The Bertz CT molecular complexity index is 325. The van der Waals surface area contributed by atoms with E-state index in [1.54, 1.807) is 0 Å². The lowest BCUT2D eigenvalue weighted by Crippen LogP contribution is -2.37. The number of carboxylic acids is 1. The molecule has 0 aromatic rings. The van der Waals surface area contributed by atoms with Crippen molar-refractivity contribution >= 4 is 11.9 Å². The predicted octanol–water partition coefficient (Wildman–Crippen LogP) is 3.97. The Kier molecular flexibility index (Phi) is 24.2. The topological polar surface area (TPSA) is 140 Å². The van der Waals surface area contributed by atoms with Crippen molar-refractivity contribution in [3.8, 4) is 0 Å². The van der Waals surface area contributed by atoms with Crippen molar-refractivity contribution < 1.29 is 9.90 Å². The predicted molar refractivity (Wildman–Crippen MR) is 110 cm³/mol. The smallest absolute Gasteiger partial charge is 0.303 e. The number of guanidine groups is 1. The summed E-state index contributed by atoms with van der Waals surface area (Å²) in [5.41, 5.74) is 6.88. The summed E-state index contributed by atoms with van der Waals surface area (Å²) in [6.45, 7) is 2.27. The van der Waals surface area contributed by atoms with Gasteiger partial charge >= 0.3 is 5.97 Å². The second kappa shape index (κ2) is 23.5. The van der Waals surface area contributed by atoms with Crippen LogP contribution >= 0.6 is 0 Å². The van der Waals surface area contributed by atoms with E-state index in [4.69, 9.17) is 16.7 Å². The third-order valence-corrected chi connectivity index (χ3v) is 4.28. The highest BCUT2D eigenvalue weighted by Crippen LogP contribution is 2.13. The van der Waals surface area contributed by atoms with E-state index in [0.29, 0.717) is 6.42 Å². The SMILES string of the molecule is CCCCCCCCCCCCCCCCCC(=O)O.NN=C(N)NN. The highest BCUT2D eigenvalue weighted by molar-refractivity contribution is 5.76. The third kappa shape index (κ3) is 27.4. The van der Waals surface area contributed by atoms with Crippen LogP contribution < -0.4 is 22.8 Å². The maximum absolute atomic E-state index is 10.3. The van der Waals surface area contributed by atoms with Crippen molar-refractivity contribution in [2.75, 3.05) is 0 Å². The number of hydrazone groups is 1. The zero-order valence-electron chi connectivity index (χ0n) is 16.8. The number of nitrogens with two attached hydrogens (primary N) is 3. The largest absolute Gasteiger partial charge is 0.481 e. The molecule has 0 saturated heterocycles. The number of rotatable bonds is 16. The number of carboxylic acid groups (broad SMARTS) is 1. The van der Waals surface area contributed by atoms with E-state index in [9.17, 15) is 4.79 Å². The van der Waals surface area contributed by atoms with Crippen molar-refractivity contribution in [1.82, 2.24) is 5.43 Å². The van der Waals surface area contributed by atoms with Crippen LogP contribution in [0, 0.1) is 0 Å². The molecule has 0 unspecified atom stereocenters. The third-order valence-electron chi connectivity index (χ3n) is 4.28. The van der Waals surface area contributed by atoms with Gasteiger partial charge in [-0.1, -0.05) is 96.8 Å². The van der Waals surface area contributed by atoms with Crippen molar-refractivity contribution in [2.45, 2.75) is 110 Å². The highest BCUT2D eigenvalue weighted by Gasteiger charge is 1.97. The molecule has 0 fully saturated rings.